The molecule has 1 unspecified atom stereocenters. The van der Waals surface area contributed by atoms with Gasteiger partial charge in [0.2, 0.25) is 0 Å². The molecule has 0 aliphatic rings. The van der Waals surface area contributed by atoms with Crippen molar-refractivity contribution in [1.29, 1.82) is 0 Å². The van der Waals surface area contributed by atoms with Crippen molar-refractivity contribution in [3.63, 3.8) is 0 Å². The Balaban J connectivity index is 2.59. The van der Waals surface area contributed by atoms with Crippen LogP contribution in [-0.4, -0.2) is 22.0 Å². The number of aromatic nitrogens is 3. The maximum Gasteiger partial charge on any atom is 0.419 e. The van der Waals surface area contributed by atoms with Crippen LogP contribution in [0, 0.1) is 5.82 Å². The Labute approximate surface area is 126 Å². The van der Waals surface area contributed by atoms with Crippen LogP contribution >= 0.6 is 15.9 Å². The minimum atomic E-state index is -4.75. The fraction of sp³-hybridized carbons (Fsp3) is 0.333. The highest BCUT2D eigenvalue weighted by Crippen LogP contribution is 2.36. The molecular weight excluding hydrogens is 356 g/mol. The van der Waals surface area contributed by atoms with Gasteiger partial charge in [0.25, 0.3) is 0 Å². The molecule has 2 aromatic rings. The van der Waals surface area contributed by atoms with E-state index < -0.39 is 23.6 Å². The lowest BCUT2D eigenvalue weighted by Crippen LogP contribution is -2.23. The van der Waals surface area contributed by atoms with E-state index in [1.807, 2.05) is 0 Å². The molecule has 9 heteroatoms. The van der Waals surface area contributed by atoms with E-state index in [4.69, 9.17) is 0 Å². The van der Waals surface area contributed by atoms with Crippen molar-refractivity contribution in [3.8, 4) is 0 Å². The molecule has 21 heavy (non-hydrogen) atoms. The molecule has 0 amide bonds. The molecule has 0 bridgehead atoms. The zero-order chi connectivity index (χ0) is 15.8. The van der Waals surface area contributed by atoms with Gasteiger partial charge in [0.1, 0.15) is 5.82 Å². The van der Waals surface area contributed by atoms with Crippen LogP contribution in [0.2, 0.25) is 0 Å². The highest BCUT2D eigenvalue weighted by molar-refractivity contribution is 9.10. The predicted octanol–water partition coefficient (Wildman–Crippen LogP) is 3.04. The molecule has 0 spiro atoms. The van der Waals surface area contributed by atoms with E-state index in [0.29, 0.717) is 16.4 Å². The van der Waals surface area contributed by atoms with Gasteiger partial charge in [0, 0.05) is 12.6 Å². The van der Waals surface area contributed by atoms with Crippen LogP contribution in [0.4, 0.5) is 17.6 Å². The molecule has 1 aromatic heterocycles. The molecule has 0 aliphatic heterocycles. The maximum atomic E-state index is 14.2. The van der Waals surface area contributed by atoms with Gasteiger partial charge in [-0.3, -0.25) is 0 Å². The number of nitrogens with zero attached hydrogens (tertiary/aromatic N) is 3. The molecule has 4 nitrogen and oxygen atoms in total. The Kier molecular flexibility index (Phi) is 4.33. The van der Waals surface area contributed by atoms with E-state index in [0.717, 1.165) is 0 Å². The third-order valence-electron chi connectivity index (χ3n) is 3.03. The van der Waals surface area contributed by atoms with Crippen LogP contribution in [0.25, 0.3) is 0 Å². The smallest absolute Gasteiger partial charge is 0.308 e. The van der Waals surface area contributed by atoms with Gasteiger partial charge in [-0.05, 0) is 29.0 Å². The van der Waals surface area contributed by atoms with Gasteiger partial charge in [-0.25, -0.2) is 9.07 Å². The number of benzene rings is 1. The van der Waals surface area contributed by atoms with Gasteiger partial charge in [-0.2, -0.15) is 13.2 Å². The first kappa shape index (κ1) is 15.9. The summed E-state index contributed by atoms with van der Waals surface area (Å²) in [4.78, 5) is 0. The first-order valence-corrected chi connectivity index (χ1v) is 6.64. The molecule has 114 valence electrons. The quantitative estimate of drug-likeness (QED) is 0.849. The van der Waals surface area contributed by atoms with E-state index in [1.54, 1.807) is 7.05 Å². The van der Waals surface area contributed by atoms with Crippen molar-refractivity contribution in [2.24, 2.45) is 7.05 Å². The second-order valence-corrected chi connectivity index (χ2v) is 5.07. The molecule has 1 heterocycles. The fourth-order valence-electron chi connectivity index (χ4n) is 2.08. The number of rotatable bonds is 3. The van der Waals surface area contributed by atoms with Gasteiger partial charge in [-0.15, -0.1) is 5.10 Å². The Hall–Kier alpha value is -1.48. The third kappa shape index (κ3) is 2.93. The predicted molar refractivity (Wildman–Crippen MR) is 71.0 cm³/mol. The summed E-state index contributed by atoms with van der Waals surface area (Å²) in [7, 11) is 3.09. The van der Waals surface area contributed by atoms with E-state index in [-0.39, 0.29) is 5.56 Å². The highest BCUT2D eigenvalue weighted by Gasteiger charge is 2.36. The van der Waals surface area contributed by atoms with E-state index in [2.05, 4.69) is 31.6 Å². The molecule has 0 aliphatic carbocycles. The van der Waals surface area contributed by atoms with Crippen molar-refractivity contribution >= 4 is 15.9 Å². The number of nitrogens with one attached hydrogen (secondary N) is 1. The van der Waals surface area contributed by atoms with E-state index in [1.165, 1.54) is 23.9 Å². The van der Waals surface area contributed by atoms with E-state index >= 15 is 0 Å². The normalized spacial score (nSPS) is 13.5. The molecule has 1 N–H and O–H groups in total. The Bertz CT molecular complexity index is 634. The molecule has 2 rings (SSSR count). The largest absolute Gasteiger partial charge is 0.419 e. The lowest BCUT2D eigenvalue weighted by Gasteiger charge is -2.19. The number of halogens is 5. The monoisotopic (exact) mass is 366 g/mol. The number of hydrogen-bond donors (Lipinski definition) is 1. The summed E-state index contributed by atoms with van der Waals surface area (Å²) in [5.74, 6) is -1.31. The van der Waals surface area contributed by atoms with E-state index in [9.17, 15) is 17.6 Å². The van der Waals surface area contributed by atoms with Gasteiger partial charge >= 0.3 is 6.18 Å². The van der Waals surface area contributed by atoms with Crippen molar-refractivity contribution in [2.45, 2.75) is 12.2 Å². The molecule has 1 aromatic carbocycles. The van der Waals surface area contributed by atoms with Crippen LogP contribution in [0.5, 0.6) is 0 Å². The summed E-state index contributed by atoms with van der Waals surface area (Å²) in [5.41, 5.74) is -0.999. The zero-order valence-electron chi connectivity index (χ0n) is 11.0. The second-order valence-electron chi connectivity index (χ2n) is 4.32. The van der Waals surface area contributed by atoms with Crippen LogP contribution in [0.15, 0.2) is 22.8 Å². The Morgan fingerprint density at radius 3 is 2.48 bits per heavy atom. The van der Waals surface area contributed by atoms with Crippen LogP contribution in [-0.2, 0) is 13.2 Å². The second kappa shape index (κ2) is 5.72. The highest BCUT2D eigenvalue weighted by atomic mass is 79.9. The minimum Gasteiger partial charge on any atom is -0.308 e. The summed E-state index contributed by atoms with van der Waals surface area (Å²) in [5, 5.41) is 10.3. The minimum absolute atomic E-state index is 0.126. The average Bonchev–Trinajstić information content (AvgIpc) is 2.72. The molecule has 1 atom stereocenters. The molecule has 0 radical (unpaired) electrons. The van der Waals surface area contributed by atoms with Crippen molar-refractivity contribution < 1.29 is 17.6 Å². The lowest BCUT2D eigenvalue weighted by molar-refractivity contribution is -0.140. The van der Waals surface area contributed by atoms with Crippen LogP contribution in [0.3, 0.4) is 0 Å². The topological polar surface area (TPSA) is 42.7 Å². The Morgan fingerprint density at radius 1 is 1.33 bits per heavy atom. The summed E-state index contributed by atoms with van der Waals surface area (Å²) < 4.78 is 54.3. The van der Waals surface area contributed by atoms with Crippen molar-refractivity contribution in [3.05, 3.63) is 45.4 Å². The summed E-state index contributed by atoms with van der Waals surface area (Å²) in [6, 6.07) is 2.36. The number of aryl methyl sites for hydroxylation is 1. The maximum absolute atomic E-state index is 14.2. The first-order chi connectivity index (χ1) is 9.77. The van der Waals surface area contributed by atoms with Gasteiger partial charge in [0.15, 0.2) is 4.60 Å². The van der Waals surface area contributed by atoms with Crippen LogP contribution in [0.1, 0.15) is 22.9 Å². The zero-order valence-corrected chi connectivity index (χ0v) is 12.6. The van der Waals surface area contributed by atoms with Gasteiger partial charge in [0.05, 0.1) is 17.3 Å². The Morgan fingerprint density at radius 2 is 2.00 bits per heavy atom. The third-order valence-corrected chi connectivity index (χ3v) is 3.60. The summed E-state index contributed by atoms with van der Waals surface area (Å²) in [6.45, 7) is 0. The molecular formula is C12H11BrF4N4. The first-order valence-electron chi connectivity index (χ1n) is 5.85. The summed E-state index contributed by atoms with van der Waals surface area (Å²) >= 11 is 3.16. The molecule has 0 saturated carbocycles. The summed E-state index contributed by atoms with van der Waals surface area (Å²) in [6.07, 6.45) is -4.75. The van der Waals surface area contributed by atoms with Gasteiger partial charge < -0.3 is 5.32 Å². The lowest BCUT2D eigenvalue weighted by atomic mass is 10.0. The SMILES string of the molecule is CNC(c1cccc(C(F)(F)F)c1F)c1c(Br)nnn1C. The van der Waals surface area contributed by atoms with Crippen molar-refractivity contribution in [1.82, 2.24) is 20.3 Å². The van der Waals surface area contributed by atoms with Crippen molar-refractivity contribution in [2.75, 3.05) is 7.05 Å². The standard InChI is InChI=1S/C12H11BrF4N4/c1-18-9(10-11(13)19-20-21(10)2)6-4-3-5-7(8(6)14)12(15,16)17/h3-5,9,18H,1-2H3. The average molecular weight is 367 g/mol. The number of hydrogen-bond acceptors (Lipinski definition) is 3. The number of alkyl halides is 3. The van der Waals surface area contributed by atoms with Gasteiger partial charge in [-0.1, -0.05) is 17.3 Å². The molecule has 0 fully saturated rings. The fourth-order valence-corrected chi connectivity index (χ4v) is 2.63. The molecule has 0 saturated heterocycles. The van der Waals surface area contributed by atoms with Crippen LogP contribution < -0.4 is 5.32 Å².